The van der Waals surface area contributed by atoms with Crippen LogP contribution in [0.5, 0.6) is 0 Å². The number of aromatic amines is 1. The van der Waals surface area contributed by atoms with Gasteiger partial charge in [0, 0.05) is 54.7 Å². The number of aromatic nitrogens is 2. The average molecular weight is 456 g/mol. The Labute approximate surface area is 200 Å². The maximum absolute atomic E-state index is 12.3. The zero-order valence-electron chi connectivity index (χ0n) is 20.5. The maximum atomic E-state index is 12.3. The van der Waals surface area contributed by atoms with Gasteiger partial charge in [0.1, 0.15) is 0 Å². The molecule has 1 aliphatic heterocycles. The second-order valence-corrected chi connectivity index (χ2v) is 10.5. The molecule has 2 aromatic carbocycles. The summed E-state index contributed by atoms with van der Waals surface area (Å²) < 4.78 is 0. The van der Waals surface area contributed by atoms with Gasteiger partial charge >= 0.3 is 0 Å². The number of nitrogens with one attached hydrogen (secondary N) is 1. The molecule has 0 bridgehead atoms. The highest BCUT2D eigenvalue weighted by atomic mass is 16.1. The zero-order chi connectivity index (χ0) is 24.0. The molecule has 1 amide bonds. The summed E-state index contributed by atoms with van der Waals surface area (Å²) in [7, 11) is 0. The average Bonchev–Trinajstić information content (AvgIpc) is 3.15. The minimum Gasteiger partial charge on any atom is -0.366 e. The standard InChI is InChI=1S/C28H33N5O/c1-18-6-5-7-20(14-18)23-16-22(27(29)34)26-25(30-23)21-9-8-19(15-24(21)31-26)17-32-10-12-33(13-11-32)28(2,3)4/h5-9,14-16,31H,10-13,17H2,1-4H3,(H2,29,34). The van der Waals surface area contributed by atoms with Crippen molar-refractivity contribution >= 4 is 27.8 Å². The SMILES string of the molecule is Cc1cccc(-c2cc(C(N)=O)c3[nH]c4cc(CN5CCN(C(C)(C)C)CC5)ccc4c3n2)c1. The highest BCUT2D eigenvalue weighted by molar-refractivity contribution is 6.13. The summed E-state index contributed by atoms with van der Waals surface area (Å²) >= 11 is 0. The van der Waals surface area contributed by atoms with Crippen molar-refractivity contribution in [2.24, 2.45) is 5.73 Å². The first-order valence-electron chi connectivity index (χ1n) is 12.0. The number of pyridine rings is 1. The fraction of sp³-hybridized carbons (Fsp3) is 0.357. The van der Waals surface area contributed by atoms with E-state index in [1.165, 1.54) is 5.56 Å². The Hall–Kier alpha value is -3.22. The van der Waals surface area contributed by atoms with Crippen LogP contribution in [0.25, 0.3) is 33.2 Å². The zero-order valence-corrected chi connectivity index (χ0v) is 20.5. The number of carbonyl (C=O) groups is 1. The molecule has 1 aliphatic rings. The molecule has 5 rings (SSSR count). The number of rotatable bonds is 4. The van der Waals surface area contributed by atoms with E-state index in [9.17, 15) is 4.79 Å². The topological polar surface area (TPSA) is 78.2 Å². The van der Waals surface area contributed by atoms with Gasteiger partial charge in [0.05, 0.1) is 22.3 Å². The van der Waals surface area contributed by atoms with E-state index in [-0.39, 0.29) is 5.54 Å². The number of benzene rings is 2. The van der Waals surface area contributed by atoms with Crippen LogP contribution in [0.2, 0.25) is 0 Å². The Morgan fingerprint density at radius 3 is 2.50 bits per heavy atom. The molecule has 0 atom stereocenters. The fourth-order valence-corrected chi connectivity index (χ4v) is 4.98. The van der Waals surface area contributed by atoms with Crippen molar-refractivity contribution in [2.45, 2.75) is 39.8 Å². The largest absolute Gasteiger partial charge is 0.366 e. The summed E-state index contributed by atoms with van der Waals surface area (Å²) in [5.41, 5.74) is 13.1. The van der Waals surface area contributed by atoms with Crippen molar-refractivity contribution in [1.82, 2.24) is 19.8 Å². The summed E-state index contributed by atoms with van der Waals surface area (Å²) in [5, 5.41) is 1.01. The van der Waals surface area contributed by atoms with Crippen LogP contribution in [-0.2, 0) is 6.54 Å². The predicted molar refractivity (Wildman–Crippen MR) is 139 cm³/mol. The molecule has 34 heavy (non-hydrogen) atoms. The highest BCUT2D eigenvalue weighted by Crippen LogP contribution is 2.31. The summed E-state index contributed by atoms with van der Waals surface area (Å²) in [6.07, 6.45) is 0. The Kier molecular flexibility index (Phi) is 5.66. The molecule has 3 N–H and O–H groups in total. The van der Waals surface area contributed by atoms with Crippen LogP contribution in [0.1, 0.15) is 42.3 Å². The molecular formula is C28H33N5O. The quantitative estimate of drug-likeness (QED) is 0.467. The van der Waals surface area contributed by atoms with Crippen molar-refractivity contribution in [1.29, 1.82) is 0 Å². The number of nitrogens with two attached hydrogens (primary N) is 1. The van der Waals surface area contributed by atoms with E-state index in [4.69, 9.17) is 10.7 Å². The monoisotopic (exact) mass is 455 g/mol. The van der Waals surface area contributed by atoms with Crippen molar-refractivity contribution in [3.63, 3.8) is 0 Å². The fourth-order valence-electron chi connectivity index (χ4n) is 4.98. The molecule has 0 aliphatic carbocycles. The van der Waals surface area contributed by atoms with Crippen LogP contribution in [0.15, 0.2) is 48.5 Å². The van der Waals surface area contributed by atoms with E-state index in [1.54, 1.807) is 6.07 Å². The van der Waals surface area contributed by atoms with Gasteiger partial charge < -0.3 is 10.7 Å². The first kappa shape index (κ1) is 22.6. The number of nitrogens with zero attached hydrogens (tertiary/aromatic N) is 3. The van der Waals surface area contributed by atoms with Gasteiger partial charge in [0.2, 0.25) is 0 Å². The molecule has 0 saturated carbocycles. The van der Waals surface area contributed by atoms with E-state index in [0.717, 1.165) is 66.0 Å². The molecule has 4 aromatic rings. The number of hydrogen-bond donors (Lipinski definition) is 2. The van der Waals surface area contributed by atoms with E-state index in [0.29, 0.717) is 11.1 Å². The number of carbonyl (C=O) groups excluding carboxylic acids is 1. The number of aryl methyl sites for hydroxylation is 1. The Bertz CT molecular complexity index is 1370. The molecule has 3 heterocycles. The third-order valence-electron chi connectivity index (χ3n) is 6.92. The Morgan fingerprint density at radius 2 is 1.82 bits per heavy atom. The lowest BCUT2D eigenvalue weighted by Crippen LogP contribution is -2.53. The summed E-state index contributed by atoms with van der Waals surface area (Å²) in [6.45, 7) is 14.1. The summed E-state index contributed by atoms with van der Waals surface area (Å²) in [6, 6.07) is 16.4. The molecule has 0 spiro atoms. The number of primary amides is 1. The van der Waals surface area contributed by atoms with Crippen LogP contribution in [-0.4, -0.2) is 57.4 Å². The first-order valence-corrected chi connectivity index (χ1v) is 12.0. The number of hydrogen-bond acceptors (Lipinski definition) is 4. The van der Waals surface area contributed by atoms with Crippen molar-refractivity contribution < 1.29 is 4.79 Å². The van der Waals surface area contributed by atoms with Crippen molar-refractivity contribution in [3.05, 3.63) is 65.2 Å². The van der Waals surface area contributed by atoms with Crippen LogP contribution >= 0.6 is 0 Å². The van der Waals surface area contributed by atoms with Crippen LogP contribution in [0.4, 0.5) is 0 Å². The van der Waals surface area contributed by atoms with Gasteiger partial charge in [-0.25, -0.2) is 4.98 Å². The second kappa shape index (κ2) is 8.53. The molecule has 0 unspecified atom stereocenters. The lowest BCUT2D eigenvalue weighted by atomic mass is 10.0. The van der Waals surface area contributed by atoms with Crippen molar-refractivity contribution in [2.75, 3.05) is 26.2 Å². The number of piperazine rings is 1. The molecule has 6 heteroatoms. The van der Waals surface area contributed by atoms with Gasteiger partial charge in [-0.15, -0.1) is 0 Å². The van der Waals surface area contributed by atoms with Gasteiger partial charge in [-0.3, -0.25) is 14.6 Å². The number of H-pyrrole nitrogens is 1. The molecule has 2 aromatic heterocycles. The first-order chi connectivity index (χ1) is 16.2. The van der Waals surface area contributed by atoms with E-state index >= 15 is 0 Å². The van der Waals surface area contributed by atoms with Crippen LogP contribution < -0.4 is 5.73 Å². The second-order valence-electron chi connectivity index (χ2n) is 10.5. The molecular weight excluding hydrogens is 422 g/mol. The molecule has 0 radical (unpaired) electrons. The predicted octanol–water partition coefficient (Wildman–Crippen LogP) is 4.71. The molecule has 1 fully saturated rings. The maximum Gasteiger partial charge on any atom is 0.250 e. The van der Waals surface area contributed by atoms with Gasteiger partial charge in [0.15, 0.2) is 0 Å². The third kappa shape index (κ3) is 4.31. The van der Waals surface area contributed by atoms with E-state index in [1.807, 2.05) is 25.1 Å². The molecule has 1 saturated heterocycles. The van der Waals surface area contributed by atoms with Crippen LogP contribution in [0, 0.1) is 6.92 Å². The van der Waals surface area contributed by atoms with E-state index in [2.05, 4.69) is 59.8 Å². The minimum atomic E-state index is -0.454. The highest BCUT2D eigenvalue weighted by Gasteiger charge is 2.26. The third-order valence-corrected chi connectivity index (χ3v) is 6.92. The molecule has 6 nitrogen and oxygen atoms in total. The summed E-state index contributed by atoms with van der Waals surface area (Å²) in [4.78, 5) is 25.8. The summed E-state index contributed by atoms with van der Waals surface area (Å²) in [5.74, 6) is -0.454. The van der Waals surface area contributed by atoms with Crippen LogP contribution in [0.3, 0.4) is 0 Å². The Morgan fingerprint density at radius 1 is 1.06 bits per heavy atom. The van der Waals surface area contributed by atoms with Gasteiger partial charge in [-0.2, -0.15) is 0 Å². The Balaban J connectivity index is 1.48. The van der Waals surface area contributed by atoms with E-state index < -0.39 is 5.91 Å². The lowest BCUT2D eigenvalue weighted by molar-refractivity contribution is 0.0591. The van der Waals surface area contributed by atoms with Gasteiger partial charge in [0.25, 0.3) is 5.91 Å². The lowest BCUT2D eigenvalue weighted by Gasteiger charge is -2.42. The number of amides is 1. The normalized spacial score (nSPS) is 15.9. The van der Waals surface area contributed by atoms with Crippen molar-refractivity contribution in [3.8, 4) is 11.3 Å². The van der Waals surface area contributed by atoms with Gasteiger partial charge in [-0.05, 0) is 51.5 Å². The minimum absolute atomic E-state index is 0.220. The van der Waals surface area contributed by atoms with Gasteiger partial charge in [-0.1, -0.05) is 35.9 Å². The smallest absolute Gasteiger partial charge is 0.250 e. The molecule has 176 valence electrons. The number of fused-ring (bicyclic) bond motifs is 3.